The number of hydrogen-bond acceptors (Lipinski definition) is 4. The first-order chi connectivity index (χ1) is 10.8. The molecule has 22 heavy (non-hydrogen) atoms. The van der Waals surface area contributed by atoms with Crippen LogP contribution in [0.15, 0.2) is 36.0 Å². The van der Waals surface area contributed by atoms with Gasteiger partial charge in [0.15, 0.2) is 0 Å². The third kappa shape index (κ3) is 1.72. The molecule has 4 nitrogen and oxygen atoms in total. The van der Waals surface area contributed by atoms with Gasteiger partial charge in [0.25, 0.3) is 0 Å². The zero-order valence-electron chi connectivity index (χ0n) is 13.0. The molecule has 0 bridgehead atoms. The van der Waals surface area contributed by atoms with Crippen molar-refractivity contribution in [1.82, 2.24) is 0 Å². The van der Waals surface area contributed by atoms with E-state index in [0.717, 1.165) is 25.1 Å². The van der Waals surface area contributed by atoms with Gasteiger partial charge in [-0.15, -0.1) is 0 Å². The molecular weight excluding hydrogens is 274 g/mol. The predicted molar refractivity (Wildman–Crippen MR) is 86.3 cm³/mol. The Balaban J connectivity index is 1.84. The summed E-state index contributed by atoms with van der Waals surface area (Å²) < 4.78 is 6.60. The Morgan fingerprint density at radius 1 is 1.27 bits per heavy atom. The molecule has 1 atom stereocenters. The molecule has 2 fully saturated rings. The summed E-state index contributed by atoms with van der Waals surface area (Å²) in [4.78, 5) is 4.54. The molecule has 0 N–H and O–H groups in total. The van der Waals surface area contributed by atoms with E-state index in [2.05, 4.69) is 47.1 Å². The maximum Gasteiger partial charge on any atom is 0.215 e. The molecule has 2 aliphatic heterocycles. The van der Waals surface area contributed by atoms with Gasteiger partial charge in [-0.3, -0.25) is 4.90 Å². The van der Waals surface area contributed by atoms with Crippen molar-refractivity contribution in [3.8, 4) is 6.07 Å². The molecule has 1 aromatic rings. The number of fused-ring (bicyclic) bond motifs is 3. The number of para-hydroxylation sites is 2. The van der Waals surface area contributed by atoms with E-state index >= 15 is 0 Å². The molecule has 1 aliphatic carbocycles. The van der Waals surface area contributed by atoms with E-state index in [4.69, 9.17) is 4.74 Å². The van der Waals surface area contributed by atoms with Gasteiger partial charge in [-0.2, -0.15) is 5.26 Å². The third-order valence-corrected chi connectivity index (χ3v) is 5.20. The van der Waals surface area contributed by atoms with Gasteiger partial charge in [-0.05, 0) is 31.9 Å². The highest BCUT2D eigenvalue weighted by Gasteiger charge is 2.55. The number of anilines is 2. The molecule has 114 valence electrons. The van der Waals surface area contributed by atoms with E-state index in [1.54, 1.807) is 6.08 Å². The molecule has 1 saturated heterocycles. The molecule has 0 aromatic heterocycles. The van der Waals surface area contributed by atoms with Gasteiger partial charge in [-0.25, -0.2) is 0 Å². The number of benzene rings is 1. The lowest BCUT2D eigenvalue weighted by atomic mass is 9.82. The van der Waals surface area contributed by atoms with Crippen LogP contribution in [-0.4, -0.2) is 18.5 Å². The molecule has 1 saturated carbocycles. The lowest BCUT2D eigenvalue weighted by Gasteiger charge is -2.34. The third-order valence-electron chi connectivity index (χ3n) is 5.20. The van der Waals surface area contributed by atoms with Crippen LogP contribution in [0.3, 0.4) is 0 Å². The van der Waals surface area contributed by atoms with Crippen molar-refractivity contribution < 1.29 is 4.74 Å². The summed E-state index contributed by atoms with van der Waals surface area (Å²) >= 11 is 0. The largest absolute Gasteiger partial charge is 0.327 e. The lowest BCUT2D eigenvalue weighted by molar-refractivity contribution is -0.0473. The van der Waals surface area contributed by atoms with Crippen LogP contribution >= 0.6 is 0 Å². The highest BCUT2D eigenvalue weighted by molar-refractivity contribution is 5.81. The zero-order valence-corrected chi connectivity index (χ0v) is 13.0. The van der Waals surface area contributed by atoms with Gasteiger partial charge >= 0.3 is 0 Å². The Bertz CT molecular complexity index is 655. The first kappa shape index (κ1) is 13.7. The number of ether oxygens (including phenoxy) is 1. The van der Waals surface area contributed by atoms with E-state index in [0.29, 0.717) is 0 Å². The van der Waals surface area contributed by atoms with Crippen molar-refractivity contribution in [2.24, 2.45) is 0 Å². The van der Waals surface area contributed by atoms with Gasteiger partial charge in [0.2, 0.25) is 6.35 Å². The normalized spacial score (nSPS) is 27.1. The SMILES string of the molecule is CCN1c2ccccc2N2/C(=C\C#N)C3(CCCCC3)OC12. The Kier molecular flexibility index (Phi) is 3.12. The van der Waals surface area contributed by atoms with Gasteiger partial charge in [-0.1, -0.05) is 31.4 Å². The first-order valence-corrected chi connectivity index (χ1v) is 8.24. The molecule has 4 heteroatoms. The fourth-order valence-corrected chi connectivity index (χ4v) is 4.22. The summed E-state index contributed by atoms with van der Waals surface area (Å²) in [6.07, 6.45) is 7.28. The van der Waals surface area contributed by atoms with Crippen LogP contribution in [0.5, 0.6) is 0 Å². The van der Waals surface area contributed by atoms with Crippen LogP contribution in [0.2, 0.25) is 0 Å². The van der Waals surface area contributed by atoms with Crippen LogP contribution in [0.25, 0.3) is 0 Å². The standard InChI is InChI=1S/C18H21N3O/c1-2-20-14-8-4-5-9-15(14)21-16(10-13-19)18(22-17(20)21)11-6-3-7-12-18/h4-5,8-10,17H,2-3,6-7,11-12H2,1H3/b16-10-. The fraction of sp³-hybridized carbons (Fsp3) is 0.500. The molecule has 1 unspecified atom stereocenters. The second-order valence-corrected chi connectivity index (χ2v) is 6.30. The van der Waals surface area contributed by atoms with Crippen LogP contribution in [0, 0.1) is 11.3 Å². The van der Waals surface area contributed by atoms with Crippen molar-refractivity contribution in [2.45, 2.75) is 51.0 Å². The highest BCUT2D eigenvalue weighted by Crippen LogP contribution is 2.54. The van der Waals surface area contributed by atoms with Crippen LogP contribution in [-0.2, 0) is 4.74 Å². The van der Waals surface area contributed by atoms with Gasteiger partial charge in [0.05, 0.1) is 23.1 Å². The van der Waals surface area contributed by atoms with E-state index in [1.165, 1.54) is 30.6 Å². The number of allylic oxidation sites excluding steroid dienone is 1. The second-order valence-electron chi connectivity index (χ2n) is 6.30. The van der Waals surface area contributed by atoms with Crippen molar-refractivity contribution >= 4 is 11.4 Å². The molecule has 2 heterocycles. The number of rotatable bonds is 1. The molecule has 0 amide bonds. The maximum absolute atomic E-state index is 9.31. The molecule has 4 rings (SSSR count). The fourth-order valence-electron chi connectivity index (χ4n) is 4.22. The minimum atomic E-state index is -0.264. The molecule has 1 spiro atoms. The zero-order chi connectivity index (χ0) is 15.2. The summed E-state index contributed by atoms with van der Waals surface area (Å²) in [7, 11) is 0. The van der Waals surface area contributed by atoms with E-state index in [-0.39, 0.29) is 12.0 Å². The summed E-state index contributed by atoms with van der Waals surface area (Å²) in [5, 5.41) is 9.31. The summed E-state index contributed by atoms with van der Waals surface area (Å²) in [6.45, 7) is 3.05. The average molecular weight is 295 g/mol. The van der Waals surface area contributed by atoms with E-state index < -0.39 is 0 Å². The van der Waals surface area contributed by atoms with Gasteiger partial charge in [0, 0.05) is 12.6 Å². The van der Waals surface area contributed by atoms with Crippen molar-refractivity contribution in [3.05, 3.63) is 36.0 Å². The minimum Gasteiger partial charge on any atom is -0.327 e. The Morgan fingerprint density at radius 3 is 2.68 bits per heavy atom. The monoisotopic (exact) mass is 295 g/mol. The second kappa shape index (κ2) is 5.03. The van der Waals surface area contributed by atoms with E-state index in [1.807, 2.05) is 0 Å². The summed E-state index contributed by atoms with van der Waals surface area (Å²) in [5.74, 6) is 0. The molecule has 3 aliphatic rings. The molecular formula is C18H21N3O. The number of nitrogens with zero attached hydrogens (tertiary/aromatic N) is 3. The number of nitriles is 1. The van der Waals surface area contributed by atoms with Crippen molar-refractivity contribution in [1.29, 1.82) is 5.26 Å². The Morgan fingerprint density at radius 2 is 2.00 bits per heavy atom. The van der Waals surface area contributed by atoms with Gasteiger partial charge in [0.1, 0.15) is 5.60 Å². The highest BCUT2D eigenvalue weighted by atomic mass is 16.6. The maximum atomic E-state index is 9.31. The predicted octanol–water partition coefficient (Wildman–Crippen LogP) is 3.76. The quantitative estimate of drug-likeness (QED) is 0.740. The molecule has 1 aromatic carbocycles. The Hall–Kier alpha value is -1.99. The first-order valence-electron chi connectivity index (χ1n) is 8.24. The van der Waals surface area contributed by atoms with Crippen LogP contribution in [0.1, 0.15) is 39.0 Å². The van der Waals surface area contributed by atoms with Crippen LogP contribution in [0.4, 0.5) is 11.4 Å². The number of hydrogen-bond donors (Lipinski definition) is 0. The van der Waals surface area contributed by atoms with E-state index in [9.17, 15) is 5.26 Å². The van der Waals surface area contributed by atoms with Crippen LogP contribution < -0.4 is 9.80 Å². The Labute approximate surface area is 131 Å². The molecule has 0 radical (unpaired) electrons. The van der Waals surface area contributed by atoms with Crippen molar-refractivity contribution in [3.63, 3.8) is 0 Å². The average Bonchev–Trinajstić information content (AvgIpc) is 3.01. The van der Waals surface area contributed by atoms with Gasteiger partial charge < -0.3 is 9.64 Å². The van der Waals surface area contributed by atoms with Crippen molar-refractivity contribution in [2.75, 3.05) is 16.3 Å². The topological polar surface area (TPSA) is 39.5 Å². The smallest absolute Gasteiger partial charge is 0.215 e. The minimum absolute atomic E-state index is 0.0971. The lowest BCUT2D eigenvalue weighted by Crippen LogP contribution is -2.40. The summed E-state index contributed by atoms with van der Waals surface area (Å²) in [5.41, 5.74) is 3.16. The summed E-state index contributed by atoms with van der Waals surface area (Å²) in [6, 6.07) is 10.6.